The molecule has 9 nitrogen and oxygen atoms in total. The third-order valence-corrected chi connectivity index (χ3v) is 7.10. The van der Waals surface area contributed by atoms with Crippen molar-refractivity contribution in [2.75, 3.05) is 4.90 Å². The van der Waals surface area contributed by atoms with Gasteiger partial charge in [0, 0.05) is 28.9 Å². The molecule has 0 aliphatic carbocycles. The molecule has 1 fully saturated rings. The van der Waals surface area contributed by atoms with E-state index < -0.39 is 23.7 Å². The number of hydrogen-bond acceptors (Lipinski definition) is 7. The quantitative estimate of drug-likeness (QED) is 0.189. The van der Waals surface area contributed by atoms with Gasteiger partial charge in [-0.2, -0.15) is 0 Å². The summed E-state index contributed by atoms with van der Waals surface area (Å²) < 4.78 is 0.545. The molecule has 0 saturated carbocycles. The van der Waals surface area contributed by atoms with E-state index >= 15 is 0 Å². The normalized spacial score (nSPS) is 17.3. The number of aromatic nitrogens is 3. The van der Waals surface area contributed by atoms with Crippen LogP contribution < -0.4 is 4.90 Å². The summed E-state index contributed by atoms with van der Waals surface area (Å²) in [5, 5.41) is 21.6. The molecule has 1 unspecified atom stereocenters. The molecule has 0 bridgehead atoms. The van der Waals surface area contributed by atoms with E-state index in [9.17, 15) is 24.6 Å². The van der Waals surface area contributed by atoms with Gasteiger partial charge in [0.25, 0.3) is 5.78 Å². The second-order valence-electron chi connectivity index (χ2n) is 8.16. The summed E-state index contributed by atoms with van der Waals surface area (Å²) in [4.78, 5) is 51.3. The van der Waals surface area contributed by atoms with Crippen LogP contribution in [0.2, 0.25) is 0 Å². The summed E-state index contributed by atoms with van der Waals surface area (Å²) in [5.74, 6) is -3.12. The highest BCUT2D eigenvalue weighted by atomic mass is 32.1. The van der Waals surface area contributed by atoms with Crippen LogP contribution in [0, 0.1) is 0 Å². The van der Waals surface area contributed by atoms with Crippen LogP contribution in [0.15, 0.2) is 78.6 Å². The van der Waals surface area contributed by atoms with Crippen LogP contribution in [0.1, 0.15) is 27.7 Å². The van der Waals surface area contributed by atoms with E-state index in [-0.39, 0.29) is 22.0 Å². The Morgan fingerprint density at radius 2 is 1.83 bits per heavy atom. The minimum atomic E-state index is -1.08. The van der Waals surface area contributed by atoms with Gasteiger partial charge in [-0.25, -0.2) is 9.78 Å². The lowest BCUT2D eigenvalue weighted by atomic mass is 9.98. The number of Topliss-reactive ketones (excluding diaryl/α,β-unsaturated/α-hetero) is 1. The first-order valence-electron chi connectivity index (χ1n) is 10.9. The number of para-hydroxylation sites is 1. The lowest BCUT2D eigenvalue weighted by Gasteiger charge is -2.21. The average Bonchev–Trinajstić information content (AvgIpc) is 3.58. The van der Waals surface area contributed by atoms with Crippen molar-refractivity contribution in [2.45, 2.75) is 6.04 Å². The van der Waals surface area contributed by atoms with Crippen molar-refractivity contribution in [2.24, 2.45) is 0 Å². The predicted octanol–water partition coefficient (Wildman–Crippen LogP) is 4.50. The molecule has 2 aromatic carbocycles. The van der Waals surface area contributed by atoms with E-state index in [4.69, 9.17) is 0 Å². The number of H-pyrrole nitrogens is 1. The second kappa shape index (κ2) is 8.14. The molecule has 5 aromatic rings. The van der Waals surface area contributed by atoms with Crippen molar-refractivity contribution in [1.29, 1.82) is 0 Å². The summed E-state index contributed by atoms with van der Waals surface area (Å²) in [7, 11) is 0. The highest BCUT2D eigenvalue weighted by Crippen LogP contribution is 2.44. The van der Waals surface area contributed by atoms with E-state index in [0.717, 1.165) is 16.9 Å². The molecule has 3 N–H and O–H groups in total. The number of aliphatic hydroxyl groups is 1. The van der Waals surface area contributed by atoms with E-state index in [2.05, 4.69) is 15.0 Å². The number of carbonyl (C=O) groups is 3. The molecule has 10 heteroatoms. The van der Waals surface area contributed by atoms with Crippen LogP contribution in [-0.2, 0) is 9.59 Å². The Bertz CT molecular complexity index is 1740. The molecule has 1 aliphatic heterocycles. The van der Waals surface area contributed by atoms with Crippen LogP contribution in [0.3, 0.4) is 0 Å². The van der Waals surface area contributed by atoms with E-state index in [1.54, 1.807) is 42.7 Å². The fraction of sp³-hybridized carbons (Fsp3) is 0.0385. The number of nitrogens with one attached hydrogen (secondary N) is 1. The average molecular weight is 497 g/mol. The zero-order valence-corrected chi connectivity index (χ0v) is 19.2. The minimum absolute atomic E-state index is 0.0837. The van der Waals surface area contributed by atoms with Gasteiger partial charge in [-0.1, -0.05) is 35.6 Å². The first-order valence-corrected chi connectivity index (χ1v) is 11.7. The number of rotatable bonds is 4. The Morgan fingerprint density at radius 3 is 2.61 bits per heavy atom. The summed E-state index contributed by atoms with van der Waals surface area (Å²) in [6.45, 7) is 0. The SMILES string of the molecule is O=C1C(=O)N(c2nc3ccc(C(=O)O)cc3s2)C(c2ccccn2)/C1=C(\O)c1c[nH]c2ccccc12. The van der Waals surface area contributed by atoms with E-state index in [0.29, 0.717) is 26.9 Å². The number of thiazole rings is 1. The Labute approximate surface area is 207 Å². The van der Waals surface area contributed by atoms with Gasteiger partial charge in [0.1, 0.15) is 11.8 Å². The summed E-state index contributed by atoms with van der Waals surface area (Å²) in [6, 6.07) is 15.8. The van der Waals surface area contributed by atoms with Crippen LogP contribution in [0.4, 0.5) is 5.13 Å². The van der Waals surface area contributed by atoms with Gasteiger partial charge in [-0.15, -0.1) is 0 Å². The van der Waals surface area contributed by atoms with Crippen LogP contribution >= 0.6 is 11.3 Å². The lowest BCUT2D eigenvalue weighted by Crippen LogP contribution is -2.29. The predicted molar refractivity (Wildman–Crippen MR) is 134 cm³/mol. The van der Waals surface area contributed by atoms with Gasteiger partial charge in [0.2, 0.25) is 0 Å². The van der Waals surface area contributed by atoms with Crippen LogP contribution in [0.25, 0.3) is 26.9 Å². The van der Waals surface area contributed by atoms with Crippen molar-refractivity contribution >= 4 is 61.0 Å². The summed E-state index contributed by atoms with van der Waals surface area (Å²) in [5.41, 5.74) is 2.00. The monoisotopic (exact) mass is 496 g/mol. The Morgan fingerprint density at radius 1 is 1.03 bits per heavy atom. The molecule has 1 aliphatic rings. The van der Waals surface area contributed by atoms with Gasteiger partial charge in [0.15, 0.2) is 5.13 Å². The smallest absolute Gasteiger partial charge is 0.335 e. The zero-order chi connectivity index (χ0) is 25.0. The largest absolute Gasteiger partial charge is 0.507 e. The molecule has 6 rings (SSSR count). The number of aromatic carboxylic acids is 1. The third kappa shape index (κ3) is 3.27. The molecule has 3 aromatic heterocycles. The highest BCUT2D eigenvalue weighted by molar-refractivity contribution is 7.22. The number of nitrogens with zero attached hydrogens (tertiary/aromatic N) is 3. The fourth-order valence-electron chi connectivity index (χ4n) is 4.41. The zero-order valence-electron chi connectivity index (χ0n) is 18.4. The Balaban J connectivity index is 1.56. The van der Waals surface area contributed by atoms with Crippen molar-refractivity contribution < 1.29 is 24.6 Å². The van der Waals surface area contributed by atoms with Crippen molar-refractivity contribution in [3.8, 4) is 0 Å². The number of anilines is 1. The Kier molecular flexibility index (Phi) is 4.90. The summed E-state index contributed by atoms with van der Waals surface area (Å²) in [6.07, 6.45) is 3.13. The number of carbonyl (C=O) groups excluding carboxylic acids is 2. The molecule has 36 heavy (non-hydrogen) atoms. The molecule has 0 radical (unpaired) electrons. The lowest BCUT2D eigenvalue weighted by molar-refractivity contribution is -0.132. The van der Waals surface area contributed by atoms with Crippen molar-refractivity contribution in [1.82, 2.24) is 15.0 Å². The maximum Gasteiger partial charge on any atom is 0.335 e. The Hall–Kier alpha value is -4.83. The van der Waals surface area contributed by atoms with Crippen molar-refractivity contribution in [3.63, 3.8) is 0 Å². The topological polar surface area (TPSA) is 136 Å². The van der Waals surface area contributed by atoms with Gasteiger partial charge in [0.05, 0.1) is 27.0 Å². The molecule has 4 heterocycles. The molecule has 1 saturated heterocycles. The van der Waals surface area contributed by atoms with E-state index in [1.165, 1.54) is 17.0 Å². The second-order valence-corrected chi connectivity index (χ2v) is 9.16. The molecule has 176 valence electrons. The first-order chi connectivity index (χ1) is 17.4. The molecule has 0 spiro atoms. The highest BCUT2D eigenvalue weighted by Gasteiger charge is 2.49. The maximum absolute atomic E-state index is 13.4. The number of benzene rings is 2. The number of aliphatic hydroxyl groups excluding tert-OH is 1. The first kappa shape index (κ1) is 21.7. The fourth-order valence-corrected chi connectivity index (χ4v) is 5.44. The number of ketones is 1. The van der Waals surface area contributed by atoms with E-state index in [1.807, 2.05) is 18.2 Å². The number of aromatic amines is 1. The van der Waals surface area contributed by atoms with Gasteiger partial charge in [-0.05, 0) is 36.4 Å². The number of hydrogen-bond donors (Lipinski definition) is 3. The van der Waals surface area contributed by atoms with Crippen LogP contribution in [-0.4, -0.2) is 42.8 Å². The maximum atomic E-state index is 13.4. The minimum Gasteiger partial charge on any atom is -0.507 e. The summed E-state index contributed by atoms with van der Waals surface area (Å²) >= 11 is 1.08. The standard InChI is InChI=1S/C26H16N4O5S/c31-22(15-12-28-16-6-2-1-5-14(15)16)20-21(18-7-3-4-10-27-18)30(24(33)23(20)32)26-29-17-9-8-13(25(34)35)11-19(17)36-26/h1-12,21,28,31H,(H,34,35)/b22-20+. The van der Waals surface area contributed by atoms with Crippen LogP contribution in [0.5, 0.6) is 0 Å². The van der Waals surface area contributed by atoms with Crippen molar-refractivity contribution in [3.05, 3.63) is 95.5 Å². The molecular formula is C26H16N4O5S. The number of pyridine rings is 1. The molecule has 1 atom stereocenters. The third-order valence-electron chi connectivity index (χ3n) is 6.09. The van der Waals surface area contributed by atoms with Gasteiger partial charge >= 0.3 is 11.9 Å². The van der Waals surface area contributed by atoms with Gasteiger partial charge in [-0.3, -0.25) is 19.5 Å². The molecule has 1 amide bonds. The number of carboxylic acid groups (broad SMARTS) is 1. The number of fused-ring (bicyclic) bond motifs is 2. The van der Waals surface area contributed by atoms with Gasteiger partial charge < -0.3 is 15.2 Å². The number of carboxylic acids is 1. The number of amides is 1. The molecular weight excluding hydrogens is 480 g/mol.